The number of carbonyl (C=O) groups excluding carboxylic acids is 2. The highest BCUT2D eigenvalue weighted by atomic mass is 16.2. The third kappa shape index (κ3) is 3.06. The molecule has 0 aliphatic carbocycles. The Morgan fingerprint density at radius 2 is 1.88 bits per heavy atom. The van der Waals surface area contributed by atoms with Gasteiger partial charge in [0, 0.05) is 19.4 Å². The molecule has 2 atom stereocenters. The van der Waals surface area contributed by atoms with Crippen LogP contribution < -0.4 is 5.32 Å². The summed E-state index contributed by atoms with van der Waals surface area (Å²) in [6.45, 7) is 4.84. The molecule has 0 aromatic rings. The number of nitrogens with one attached hydrogen (secondary N) is 1. The van der Waals surface area contributed by atoms with Crippen LogP contribution in [0.2, 0.25) is 0 Å². The van der Waals surface area contributed by atoms with E-state index in [0.29, 0.717) is 31.2 Å². The third-order valence-corrected chi connectivity index (χ3v) is 4.01. The van der Waals surface area contributed by atoms with E-state index in [-0.39, 0.29) is 11.8 Å². The number of imide groups is 1. The van der Waals surface area contributed by atoms with Gasteiger partial charge in [-0.1, -0.05) is 6.92 Å². The first-order chi connectivity index (χ1) is 8.18. The number of likely N-dealkylation sites (tertiary alicyclic amines) is 1. The fourth-order valence-electron chi connectivity index (χ4n) is 2.74. The highest BCUT2D eigenvalue weighted by Gasteiger charge is 2.29. The SMILES string of the molecule is CC1CNCCC1CN1C(=O)CCCCC1=O. The molecule has 17 heavy (non-hydrogen) atoms. The molecule has 0 radical (unpaired) electrons. The number of carbonyl (C=O) groups is 2. The normalized spacial score (nSPS) is 31.5. The Kier molecular flexibility index (Phi) is 4.15. The van der Waals surface area contributed by atoms with Gasteiger partial charge in [0.15, 0.2) is 0 Å². The third-order valence-electron chi connectivity index (χ3n) is 4.01. The molecule has 0 bridgehead atoms. The van der Waals surface area contributed by atoms with E-state index in [2.05, 4.69) is 12.2 Å². The van der Waals surface area contributed by atoms with Crippen LogP contribution in [0.15, 0.2) is 0 Å². The second-order valence-electron chi connectivity index (χ2n) is 5.34. The van der Waals surface area contributed by atoms with Gasteiger partial charge in [0.1, 0.15) is 0 Å². The molecule has 2 fully saturated rings. The van der Waals surface area contributed by atoms with E-state index in [0.717, 1.165) is 32.4 Å². The maximum Gasteiger partial charge on any atom is 0.229 e. The molecule has 2 heterocycles. The van der Waals surface area contributed by atoms with E-state index < -0.39 is 0 Å². The van der Waals surface area contributed by atoms with Crippen molar-refractivity contribution in [2.24, 2.45) is 11.8 Å². The maximum atomic E-state index is 11.9. The number of amides is 2. The van der Waals surface area contributed by atoms with Crippen molar-refractivity contribution in [3.05, 3.63) is 0 Å². The predicted octanol–water partition coefficient (Wildman–Crippen LogP) is 1.16. The van der Waals surface area contributed by atoms with Crippen LogP contribution in [0.3, 0.4) is 0 Å². The summed E-state index contributed by atoms with van der Waals surface area (Å²) < 4.78 is 0. The highest BCUT2D eigenvalue weighted by Crippen LogP contribution is 2.22. The van der Waals surface area contributed by atoms with Crippen LogP contribution in [-0.2, 0) is 9.59 Å². The summed E-state index contributed by atoms with van der Waals surface area (Å²) in [5.74, 6) is 1.10. The second kappa shape index (κ2) is 5.63. The van der Waals surface area contributed by atoms with Gasteiger partial charge in [0.2, 0.25) is 11.8 Å². The molecular weight excluding hydrogens is 216 g/mol. The van der Waals surface area contributed by atoms with E-state index in [9.17, 15) is 9.59 Å². The minimum Gasteiger partial charge on any atom is -0.316 e. The number of hydrogen-bond acceptors (Lipinski definition) is 3. The average molecular weight is 238 g/mol. The summed E-state index contributed by atoms with van der Waals surface area (Å²) in [6, 6.07) is 0. The summed E-state index contributed by atoms with van der Waals surface area (Å²) in [5, 5.41) is 3.35. The maximum absolute atomic E-state index is 11.9. The molecule has 0 aromatic heterocycles. The lowest BCUT2D eigenvalue weighted by Crippen LogP contribution is -2.45. The first-order valence-corrected chi connectivity index (χ1v) is 6.72. The van der Waals surface area contributed by atoms with Gasteiger partial charge in [0.25, 0.3) is 0 Å². The molecule has 2 unspecified atom stereocenters. The van der Waals surface area contributed by atoms with E-state index >= 15 is 0 Å². The molecule has 2 rings (SSSR count). The number of rotatable bonds is 2. The van der Waals surface area contributed by atoms with Crippen molar-refractivity contribution in [3.63, 3.8) is 0 Å². The van der Waals surface area contributed by atoms with Gasteiger partial charge in [-0.2, -0.15) is 0 Å². The fraction of sp³-hybridized carbons (Fsp3) is 0.846. The minimum atomic E-state index is 0.0400. The van der Waals surface area contributed by atoms with Crippen molar-refractivity contribution in [2.45, 2.75) is 39.0 Å². The van der Waals surface area contributed by atoms with E-state index in [1.54, 1.807) is 0 Å². The lowest BCUT2D eigenvalue weighted by atomic mass is 9.87. The fourth-order valence-corrected chi connectivity index (χ4v) is 2.74. The summed E-state index contributed by atoms with van der Waals surface area (Å²) in [4.78, 5) is 25.3. The van der Waals surface area contributed by atoms with Crippen molar-refractivity contribution < 1.29 is 9.59 Å². The Morgan fingerprint density at radius 1 is 1.24 bits per heavy atom. The van der Waals surface area contributed by atoms with Gasteiger partial charge in [0.05, 0.1) is 0 Å². The first-order valence-electron chi connectivity index (χ1n) is 6.72. The van der Waals surface area contributed by atoms with Crippen LogP contribution in [-0.4, -0.2) is 36.3 Å². The minimum absolute atomic E-state index is 0.0400. The van der Waals surface area contributed by atoms with Crippen LogP contribution in [0, 0.1) is 11.8 Å². The Bertz CT molecular complexity index is 286. The van der Waals surface area contributed by atoms with Gasteiger partial charge in [-0.05, 0) is 44.2 Å². The van der Waals surface area contributed by atoms with E-state index in [1.165, 1.54) is 4.90 Å². The van der Waals surface area contributed by atoms with Gasteiger partial charge in [-0.3, -0.25) is 14.5 Å². The summed E-state index contributed by atoms with van der Waals surface area (Å²) in [6.07, 6.45) is 3.89. The van der Waals surface area contributed by atoms with Gasteiger partial charge < -0.3 is 5.32 Å². The molecular formula is C13H22N2O2. The standard InChI is InChI=1S/C13H22N2O2/c1-10-8-14-7-6-11(10)9-15-12(16)4-2-3-5-13(15)17/h10-11,14H,2-9H2,1H3. The molecule has 2 saturated heterocycles. The number of piperidine rings is 1. The molecule has 2 aliphatic heterocycles. The molecule has 2 aliphatic rings. The molecule has 0 aromatic carbocycles. The summed E-state index contributed by atoms with van der Waals surface area (Å²) in [5.41, 5.74) is 0. The average Bonchev–Trinajstić information content (AvgIpc) is 2.47. The van der Waals surface area contributed by atoms with Crippen LogP contribution in [0.5, 0.6) is 0 Å². The zero-order valence-electron chi connectivity index (χ0n) is 10.6. The Morgan fingerprint density at radius 3 is 2.47 bits per heavy atom. The topological polar surface area (TPSA) is 49.4 Å². The van der Waals surface area contributed by atoms with Crippen LogP contribution in [0.25, 0.3) is 0 Å². The lowest BCUT2D eigenvalue weighted by molar-refractivity contribution is -0.144. The largest absolute Gasteiger partial charge is 0.316 e. The molecule has 1 N–H and O–H groups in total. The number of hydrogen-bond donors (Lipinski definition) is 1. The first kappa shape index (κ1) is 12.6. The molecule has 0 saturated carbocycles. The van der Waals surface area contributed by atoms with E-state index in [1.807, 2.05) is 0 Å². The van der Waals surface area contributed by atoms with Crippen molar-refractivity contribution in [1.82, 2.24) is 10.2 Å². The monoisotopic (exact) mass is 238 g/mol. The van der Waals surface area contributed by atoms with E-state index in [4.69, 9.17) is 0 Å². The quantitative estimate of drug-likeness (QED) is 0.734. The zero-order chi connectivity index (χ0) is 12.3. The van der Waals surface area contributed by atoms with Crippen LogP contribution >= 0.6 is 0 Å². The smallest absolute Gasteiger partial charge is 0.229 e. The molecule has 4 nitrogen and oxygen atoms in total. The van der Waals surface area contributed by atoms with Gasteiger partial charge in [-0.25, -0.2) is 0 Å². The summed E-state index contributed by atoms with van der Waals surface area (Å²) >= 11 is 0. The Labute approximate surface area is 103 Å². The Hall–Kier alpha value is -0.900. The predicted molar refractivity (Wildman–Crippen MR) is 65.3 cm³/mol. The molecule has 0 spiro atoms. The van der Waals surface area contributed by atoms with Gasteiger partial charge in [-0.15, -0.1) is 0 Å². The van der Waals surface area contributed by atoms with Crippen molar-refractivity contribution in [1.29, 1.82) is 0 Å². The second-order valence-corrected chi connectivity index (χ2v) is 5.34. The summed E-state index contributed by atoms with van der Waals surface area (Å²) in [7, 11) is 0. The van der Waals surface area contributed by atoms with Crippen molar-refractivity contribution in [3.8, 4) is 0 Å². The Balaban J connectivity index is 1.99. The number of nitrogens with zero attached hydrogens (tertiary/aromatic N) is 1. The van der Waals surface area contributed by atoms with Crippen molar-refractivity contribution >= 4 is 11.8 Å². The van der Waals surface area contributed by atoms with Gasteiger partial charge >= 0.3 is 0 Å². The zero-order valence-corrected chi connectivity index (χ0v) is 10.6. The van der Waals surface area contributed by atoms with Crippen LogP contribution in [0.1, 0.15) is 39.0 Å². The lowest BCUT2D eigenvalue weighted by Gasteiger charge is -2.33. The van der Waals surface area contributed by atoms with Crippen molar-refractivity contribution in [2.75, 3.05) is 19.6 Å². The molecule has 4 heteroatoms. The highest BCUT2D eigenvalue weighted by molar-refractivity contribution is 5.96. The molecule has 96 valence electrons. The van der Waals surface area contributed by atoms with Crippen LogP contribution in [0.4, 0.5) is 0 Å². The molecule has 2 amide bonds.